The van der Waals surface area contributed by atoms with Crippen molar-refractivity contribution < 1.29 is 26.3 Å². The summed E-state index contributed by atoms with van der Waals surface area (Å²) in [6, 6.07) is -0.119. The van der Waals surface area contributed by atoms with Crippen LogP contribution in [-0.2, 0) is 14.8 Å². The molecule has 2 aliphatic rings. The van der Waals surface area contributed by atoms with Crippen molar-refractivity contribution in [1.29, 1.82) is 0 Å². The molecule has 0 amide bonds. The molecule has 0 radical (unpaired) electrons. The Bertz CT molecular complexity index is 641. The largest absolute Gasteiger partial charge is 0.511 e. The molecule has 2 fully saturated rings. The molecular weight excluding hydrogens is 409 g/mol. The summed E-state index contributed by atoms with van der Waals surface area (Å²) in [5, 5.41) is 6.46. The monoisotopic (exact) mass is 442 g/mol. The number of hydrogen-bond donors (Lipinski definition) is 2. The van der Waals surface area contributed by atoms with Gasteiger partial charge in [0, 0.05) is 45.9 Å². The maximum absolute atomic E-state index is 12.7. The first-order chi connectivity index (χ1) is 13.6. The Kier molecular flexibility index (Phi) is 8.59. The number of alkyl halides is 3. The zero-order valence-corrected chi connectivity index (χ0v) is 18.0. The molecule has 0 unspecified atom stereocenters. The molecular formula is C18H33F3N4O3S. The number of nitrogens with one attached hydrogen (secondary N) is 2. The molecule has 0 atom stereocenters. The summed E-state index contributed by atoms with van der Waals surface area (Å²) in [7, 11) is -3.55. The molecule has 1 heterocycles. The highest BCUT2D eigenvalue weighted by Gasteiger charge is 2.50. The second kappa shape index (κ2) is 10.3. The lowest BCUT2D eigenvalue weighted by molar-refractivity contribution is -0.0494. The quantitative estimate of drug-likeness (QED) is 0.446. The van der Waals surface area contributed by atoms with E-state index in [9.17, 15) is 21.6 Å². The summed E-state index contributed by atoms with van der Waals surface area (Å²) in [6.45, 7) is 3.68. The number of sulfonamides is 1. The topological polar surface area (TPSA) is 83.0 Å². The van der Waals surface area contributed by atoms with Crippen LogP contribution in [0.15, 0.2) is 4.99 Å². The fraction of sp³-hybridized carbons (Fsp3) is 0.944. The fourth-order valence-electron chi connectivity index (χ4n) is 4.08. The number of halogens is 3. The lowest BCUT2D eigenvalue weighted by Gasteiger charge is -2.33. The third-order valence-corrected chi connectivity index (χ3v) is 7.47. The van der Waals surface area contributed by atoms with E-state index in [-0.39, 0.29) is 24.5 Å². The molecule has 1 saturated carbocycles. The summed E-state index contributed by atoms with van der Waals surface area (Å²) in [6.07, 6.45) is 6.17. The van der Waals surface area contributed by atoms with Crippen molar-refractivity contribution in [2.45, 2.75) is 63.4 Å². The number of rotatable bonds is 8. The first-order valence-electron chi connectivity index (χ1n) is 10.2. The molecule has 0 aromatic heterocycles. The molecule has 11 heteroatoms. The lowest BCUT2D eigenvalue weighted by Crippen LogP contribution is -2.51. The number of methoxy groups -OCH3 is 1. The van der Waals surface area contributed by atoms with Crippen LogP contribution in [0, 0.1) is 5.41 Å². The van der Waals surface area contributed by atoms with E-state index < -0.39 is 15.5 Å². The van der Waals surface area contributed by atoms with Crippen molar-refractivity contribution in [3.8, 4) is 0 Å². The first kappa shape index (κ1) is 24.2. The highest BCUT2D eigenvalue weighted by atomic mass is 32.2. The fourth-order valence-corrected chi connectivity index (χ4v) is 5.06. The van der Waals surface area contributed by atoms with E-state index in [0.29, 0.717) is 42.8 Å². The van der Waals surface area contributed by atoms with Gasteiger partial charge in [-0.05, 0) is 44.4 Å². The van der Waals surface area contributed by atoms with Crippen LogP contribution in [-0.4, -0.2) is 70.1 Å². The van der Waals surface area contributed by atoms with Crippen LogP contribution >= 0.6 is 0 Å². The van der Waals surface area contributed by atoms with E-state index >= 15 is 0 Å². The van der Waals surface area contributed by atoms with Crippen molar-refractivity contribution in [2.75, 3.05) is 39.9 Å². The van der Waals surface area contributed by atoms with Crippen LogP contribution in [0.5, 0.6) is 0 Å². The average molecular weight is 443 g/mol. The van der Waals surface area contributed by atoms with Crippen molar-refractivity contribution in [2.24, 2.45) is 10.4 Å². The molecule has 0 spiro atoms. The molecule has 7 nitrogen and oxygen atoms in total. The van der Waals surface area contributed by atoms with Crippen LogP contribution in [0.2, 0.25) is 0 Å². The van der Waals surface area contributed by atoms with Crippen molar-refractivity contribution >= 4 is 16.0 Å². The predicted molar refractivity (Wildman–Crippen MR) is 106 cm³/mol. The van der Waals surface area contributed by atoms with Gasteiger partial charge < -0.3 is 15.4 Å². The Balaban J connectivity index is 1.95. The van der Waals surface area contributed by atoms with E-state index in [4.69, 9.17) is 9.73 Å². The smallest absolute Gasteiger partial charge is 0.385 e. The SMILES string of the molecule is CCNC(=NCC1(CCOC)CCCC1)NC1CCN(S(=O)(=O)C(F)(F)F)CC1. The van der Waals surface area contributed by atoms with Crippen LogP contribution in [0.25, 0.3) is 0 Å². The maximum atomic E-state index is 12.7. The predicted octanol–water partition coefficient (Wildman–Crippen LogP) is 2.45. The molecule has 0 aromatic rings. The molecule has 2 N–H and O–H groups in total. The Labute approximate surface area is 171 Å². The van der Waals surface area contributed by atoms with Gasteiger partial charge in [0.05, 0.1) is 0 Å². The number of hydrogen-bond acceptors (Lipinski definition) is 4. The molecule has 1 saturated heterocycles. The van der Waals surface area contributed by atoms with Gasteiger partial charge >= 0.3 is 15.5 Å². The minimum absolute atomic E-state index is 0.119. The van der Waals surface area contributed by atoms with E-state index in [0.717, 1.165) is 19.3 Å². The second-order valence-electron chi connectivity index (χ2n) is 7.91. The molecule has 170 valence electrons. The summed E-state index contributed by atoms with van der Waals surface area (Å²) in [5.41, 5.74) is -5.11. The highest BCUT2D eigenvalue weighted by Crippen LogP contribution is 2.41. The lowest BCUT2D eigenvalue weighted by atomic mass is 9.83. The summed E-state index contributed by atoms with van der Waals surface area (Å²) in [5.74, 6) is 0.633. The van der Waals surface area contributed by atoms with Gasteiger partial charge in [0.1, 0.15) is 0 Å². The van der Waals surface area contributed by atoms with Crippen LogP contribution in [0.4, 0.5) is 13.2 Å². The third kappa shape index (κ3) is 6.45. The highest BCUT2D eigenvalue weighted by molar-refractivity contribution is 7.90. The van der Waals surface area contributed by atoms with Gasteiger partial charge in [0.2, 0.25) is 0 Å². The van der Waals surface area contributed by atoms with Crippen molar-refractivity contribution in [1.82, 2.24) is 14.9 Å². The number of nitrogens with zero attached hydrogens (tertiary/aromatic N) is 2. The Hall–Kier alpha value is -1.07. The van der Waals surface area contributed by atoms with Gasteiger partial charge in [-0.15, -0.1) is 0 Å². The normalized spacial score (nSPS) is 22.0. The maximum Gasteiger partial charge on any atom is 0.511 e. The summed E-state index contributed by atoms with van der Waals surface area (Å²) < 4.78 is 67.0. The van der Waals surface area contributed by atoms with E-state index in [1.54, 1.807) is 7.11 Å². The van der Waals surface area contributed by atoms with Crippen LogP contribution in [0.1, 0.15) is 51.9 Å². The van der Waals surface area contributed by atoms with Crippen LogP contribution < -0.4 is 10.6 Å². The van der Waals surface area contributed by atoms with Gasteiger partial charge in [0.25, 0.3) is 0 Å². The number of piperidine rings is 1. The first-order valence-corrected chi connectivity index (χ1v) is 11.7. The number of ether oxygens (including phenoxy) is 1. The Morgan fingerprint density at radius 2 is 1.86 bits per heavy atom. The zero-order chi connectivity index (χ0) is 21.5. The Morgan fingerprint density at radius 3 is 2.38 bits per heavy atom. The van der Waals surface area contributed by atoms with Crippen molar-refractivity contribution in [3.05, 3.63) is 0 Å². The second-order valence-corrected chi connectivity index (χ2v) is 9.84. The molecule has 0 aromatic carbocycles. The molecule has 2 rings (SSSR count). The van der Waals surface area contributed by atoms with Gasteiger partial charge in [-0.2, -0.15) is 17.5 Å². The minimum atomic E-state index is -5.25. The summed E-state index contributed by atoms with van der Waals surface area (Å²) >= 11 is 0. The van der Waals surface area contributed by atoms with Crippen LogP contribution in [0.3, 0.4) is 0 Å². The van der Waals surface area contributed by atoms with Gasteiger partial charge in [-0.25, -0.2) is 8.42 Å². The summed E-state index contributed by atoms with van der Waals surface area (Å²) in [4.78, 5) is 4.75. The van der Waals surface area contributed by atoms with E-state index in [2.05, 4.69) is 10.6 Å². The van der Waals surface area contributed by atoms with E-state index in [1.807, 2.05) is 6.92 Å². The molecule has 1 aliphatic carbocycles. The average Bonchev–Trinajstić information content (AvgIpc) is 3.13. The molecule has 1 aliphatic heterocycles. The van der Waals surface area contributed by atoms with Gasteiger partial charge in [0.15, 0.2) is 5.96 Å². The third-order valence-electron chi connectivity index (χ3n) is 5.84. The molecule has 29 heavy (non-hydrogen) atoms. The molecule has 0 bridgehead atoms. The number of guanidine groups is 1. The standard InChI is InChI=1S/C18H33F3N4O3S/c1-3-22-16(23-14-17(10-13-28-2)8-4-5-9-17)24-15-6-11-25(12-7-15)29(26,27)18(19,20)21/h15H,3-14H2,1-2H3,(H2,22,23,24). The Morgan fingerprint density at radius 1 is 1.24 bits per heavy atom. The van der Waals surface area contributed by atoms with Gasteiger partial charge in [-0.1, -0.05) is 12.8 Å². The van der Waals surface area contributed by atoms with Gasteiger partial charge in [-0.3, -0.25) is 4.99 Å². The van der Waals surface area contributed by atoms with Crippen molar-refractivity contribution in [3.63, 3.8) is 0 Å². The van der Waals surface area contributed by atoms with E-state index in [1.165, 1.54) is 12.8 Å². The zero-order valence-electron chi connectivity index (χ0n) is 17.2. The minimum Gasteiger partial charge on any atom is -0.385 e. The number of aliphatic imine (C=N–C) groups is 1.